The average Bonchev–Trinajstić information content (AvgIpc) is 3.26. The second-order valence-corrected chi connectivity index (χ2v) is 9.78. The number of hydrogen-bond acceptors (Lipinski definition) is 3. The van der Waals surface area contributed by atoms with Crippen LogP contribution in [0.15, 0.2) is 23.1 Å². The zero-order chi connectivity index (χ0) is 20.2. The standard InChI is InChI=1S/C21H31N5O2S/c1-24-11-13-25(14-12-24)8-4-7-22-19(27)16-5-6-18-17(15-16)23-20(28)21(29-18)26-9-2-3-10-26/h5-6,15,21H,2-4,7-14H2,1H3,(H,22,27)(H,23,28)/p+3. The van der Waals surface area contributed by atoms with Crippen molar-refractivity contribution in [1.82, 2.24) is 5.32 Å². The van der Waals surface area contributed by atoms with Crippen molar-refractivity contribution in [2.45, 2.75) is 29.5 Å². The molecule has 0 spiro atoms. The molecule has 1 aromatic rings. The number of anilines is 1. The van der Waals surface area contributed by atoms with Gasteiger partial charge in [-0.3, -0.25) is 9.59 Å². The number of likely N-dealkylation sites (N-methyl/N-ethyl adjacent to an activating group) is 1. The molecule has 5 N–H and O–H groups in total. The highest BCUT2D eigenvalue weighted by molar-refractivity contribution is 8.00. The highest BCUT2D eigenvalue weighted by Crippen LogP contribution is 2.34. The molecular weight excluding hydrogens is 386 g/mol. The van der Waals surface area contributed by atoms with Crippen molar-refractivity contribution >= 4 is 29.3 Å². The normalized spacial score (nSPS) is 27.3. The van der Waals surface area contributed by atoms with Crippen molar-refractivity contribution in [2.24, 2.45) is 0 Å². The molecule has 158 valence electrons. The zero-order valence-corrected chi connectivity index (χ0v) is 18.1. The van der Waals surface area contributed by atoms with Crippen molar-refractivity contribution in [3.05, 3.63) is 23.8 Å². The first kappa shape index (κ1) is 20.7. The predicted molar refractivity (Wildman–Crippen MR) is 114 cm³/mol. The van der Waals surface area contributed by atoms with Gasteiger partial charge in [-0.2, -0.15) is 0 Å². The first-order valence-corrected chi connectivity index (χ1v) is 11.9. The summed E-state index contributed by atoms with van der Waals surface area (Å²) in [6, 6.07) is 5.68. The third kappa shape index (κ3) is 5.12. The Morgan fingerprint density at radius 3 is 2.69 bits per heavy atom. The fraction of sp³-hybridized carbons (Fsp3) is 0.619. The number of benzene rings is 1. The minimum Gasteiger partial charge on any atom is -0.352 e. The van der Waals surface area contributed by atoms with Gasteiger partial charge in [0.25, 0.3) is 11.8 Å². The van der Waals surface area contributed by atoms with Crippen molar-refractivity contribution in [3.63, 3.8) is 0 Å². The quantitative estimate of drug-likeness (QED) is 0.325. The number of nitrogens with one attached hydrogen (secondary N) is 5. The van der Waals surface area contributed by atoms with Gasteiger partial charge in [0.1, 0.15) is 26.2 Å². The van der Waals surface area contributed by atoms with E-state index in [1.165, 1.54) is 43.9 Å². The van der Waals surface area contributed by atoms with Gasteiger partial charge in [-0.15, -0.1) is 0 Å². The Kier molecular flexibility index (Phi) is 6.74. The molecule has 2 amide bonds. The fourth-order valence-electron chi connectivity index (χ4n) is 4.53. The van der Waals surface area contributed by atoms with Crippen LogP contribution in [0.4, 0.5) is 5.69 Å². The predicted octanol–water partition coefficient (Wildman–Crippen LogP) is -2.73. The topological polar surface area (TPSA) is 71.5 Å². The van der Waals surface area contributed by atoms with Crippen LogP contribution in [-0.2, 0) is 4.79 Å². The summed E-state index contributed by atoms with van der Waals surface area (Å²) in [5, 5.41) is 6.00. The van der Waals surface area contributed by atoms with Crippen LogP contribution in [0.5, 0.6) is 0 Å². The summed E-state index contributed by atoms with van der Waals surface area (Å²) in [5.74, 6) is 0.00566. The van der Waals surface area contributed by atoms with Crippen molar-refractivity contribution in [2.75, 3.05) is 64.7 Å². The molecule has 4 rings (SSSR count). The van der Waals surface area contributed by atoms with E-state index in [1.54, 1.807) is 21.6 Å². The molecule has 1 atom stereocenters. The Labute approximate surface area is 177 Å². The molecule has 7 nitrogen and oxygen atoms in total. The van der Waals surface area contributed by atoms with Gasteiger partial charge in [0.2, 0.25) is 5.37 Å². The smallest absolute Gasteiger partial charge is 0.294 e. The van der Waals surface area contributed by atoms with E-state index >= 15 is 0 Å². The molecule has 2 saturated heterocycles. The SMILES string of the molecule is C[NH+]1CC[NH+](CCCNC(=O)c2ccc3c(c2)NC(=O)C([NH+]2CCCC2)S3)CC1. The summed E-state index contributed by atoms with van der Waals surface area (Å²) in [6.45, 7) is 8.87. The second kappa shape index (κ2) is 9.47. The molecule has 0 radical (unpaired) electrons. The Morgan fingerprint density at radius 1 is 1.17 bits per heavy atom. The number of carbonyl (C=O) groups excluding carboxylic acids is 2. The van der Waals surface area contributed by atoms with E-state index in [0.717, 1.165) is 36.6 Å². The summed E-state index contributed by atoms with van der Waals surface area (Å²) in [5.41, 5.74) is 1.39. The van der Waals surface area contributed by atoms with Crippen LogP contribution in [-0.4, -0.2) is 76.6 Å². The first-order chi connectivity index (χ1) is 14.1. The average molecular weight is 421 g/mol. The highest BCUT2D eigenvalue weighted by Gasteiger charge is 2.37. The monoisotopic (exact) mass is 420 g/mol. The zero-order valence-electron chi connectivity index (χ0n) is 17.3. The summed E-state index contributed by atoms with van der Waals surface area (Å²) < 4.78 is 0. The summed E-state index contributed by atoms with van der Waals surface area (Å²) in [7, 11) is 2.25. The van der Waals surface area contributed by atoms with Gasteiger partial charge >= 0.3 is 0 Å². The molecule has 3 aliphatic rings. The third-order valence-corrected chi connectivity index (χ3v) is 7.80. The summed E-state index contributed by atoms with van der Waals surface area (Å²) >= 11 is 1.63. The first-order valence-electron chi connectivity index (χ1n) is 11.0. The minimum absolute atomic E-state index is 0.0582. The van der Waals surface area contributed by atoms with Crippen LogP contribution in [0.25, 0.3) is 0 Å². The summed E-state index contributed by atoms with van der Waals surface area (Å²) in [4.78, 5) is 30.8. The van der Waals surface area contributed by atoms with Gasteiger partial charge in [-0.05, 0) is 18.2 Å². The molecule has 0 saturated carbocycles. The number of piperazine rings is 1. The number of amides is 2. The maximum atomic E-state index is 12.5. The fourth-order valence-corrected chi connectivity index (χ4v) is 5.74. The van der Waals surface area contributed by atoms with E-state index in [1.807, 2.05) is 18.2 Å². The molecule has 2 fully saturated rings. The van der Waals surface area contributed by atoms with E-state index in [9.17, 15) is 9.59 Å². The lowest BCUT2D eigenvalue weighted by molar-refractivity contribution is -1.00. The van der Waals surface area contributed by atoms with E-state index in [4.69, 9.17) is 0 Å². The Balaban J connectivity index is 1.27. The molecule has 29 heavy (non-hydrogen) atoms. The molecule has 1 unspecified atom stereocenters. The second-order valence-electron chi connectivity index (χ2n) is 8.63. The van der Waals surface area contributed by atoms with E-state index in [2.05, 4.69) is 17.7 Å². The maximum absolute atomic E-state index is 12.5. The van der Waals surface area contributed by atoms with Crippen LogP contribution >= 0.6 is 11.8 Å². The number of rotatable bonds is 6. The molecule has 8 heteroatoms. The molecule has 0 bridgehead atoms. The van der Waals surface area contributed by atoms with Gasteiger partial charge in [0.05, 0.1) is 32.4 Å². The van der Waals surface area contributed by atoms with E-state index < -0.39 is 0 Å². The molecule has 3 heterocycles. The third-order valence-electron chi connectivity index (χ3n) is 6.40. The highest BCUT2D eigenvalue weighted by atomic mass is 32.2. The summed E-state index contributed by atoms with van der Waals surface area (Å²) in [6.07, 6.45) is 3.39. The molecule has 0 aliphatic carbocycles. The van der Waals surface area contributed by atoms with E-state index in [-0.39, 0.29) is 17.2 Å². The van der Waals surface area contributed by atoms with Crippen LogP contribution in [0.2, 0.25) is 0 Å². The van der Waals surface area contributed by atoms with Crippen LogP contribution in [0.3, 0.4) is 0 Å². The van der Waals surface area contributed by atoms with E-state index in [0.29, 0.717) is 12.1 Å². The van der Waals surface area contributed by atoms with Crippen molar-refractivity contribution < 1.29 is 24.3 Å². The lowest BCUT2D eigenvalue weighted by Gasteiger charge is -2.28. The number of hydrogen-bond donors (Lipinski definition) is 5. The molecule has 3 aliphatic heterocycles. The molecule has 0 aromatic heterocycles. The molecular formula is C21H34N5O2S+3. The van der Waals surface area contributed by atoms with Gasteiger partial charge in [-0.1, -0.05) is 11.8 Å². The maximum Gasteiger partial charge on any atom is 0.294 e. The lowest BCUT2D eigenvalue weighted by Crippen LogP contribution is -3.27. The Morgan fingerprint density at radius 2 is 1.93 bits per heavy atom. The number of thioether (sulfide) groups is 1. The number of fused-ring (bicyclic) bond motifs is 1. The van der Waals surface area contributed by atoms with Crippen molar-refractivity contribution in [3.8, 4) is 0 Å². The molecule has 1 aromatic carbocycles. The number of likely N-dealkylation sites (tertiary alicyclic amines) is 1. The van der Waals surface area contributed by atoms with Gasteiger partial charge < -0.3 is 25.3 Å². The van der Waals surface area contributed by atoms with Crippen LogP contribution in [0.1, 0.15) is 29.6 Å². The Bertz CT molecular complexity index is 745. The number of carbonyl (C=O) groups is 2. The van der Waals surface area contributed by atoms with Gasteiger partial charge in [0.15, 0.2) is 0 Å². The van der Waals surface area contributed by atoms with Gasteiger partial charge in [-0.25, -0.2) is 0 Å². The van der Waals surface area contributed by atoms with Crippen LogP contribution < -0.4 is 25.3 Å². The number of quaternary nitrogens is 3. The van der Waals surface area contributed by atoms with Gasteiger partial charge in [0, 0.05) is 36.3 Å². The van der Waals surface area contributed by atoms with Crippen LogP contribution in [0, 0.1) is 0 Å². The lowest BCUT2D eigenvalue weighted by atomic mass is 10.1. The van der Waals surface area contributed by atoms with Crippen molar-refractivity contribution in [1.29, 1.82) is 0 Å². The Hall–Kier alpha value is -1.61. The largest absolute Gasteiger partial charge is 0.352 e. The minimum atomic E-state index is -0.0663.